The summed E-state index contributed by atoms with van der Waals surface area (Å²) in [7, 11) is 1.84. The van der Waals surface area contributed by atoms with Gasteiger partial charge in [-0.15, -0.1) is 0 Å². The van der Waals surface area contributed by atoms with Crippen molar-refractivity contribution in [3.8, 4) is 0 Å². The molecule has 0 aliphatic heterocycles. The Kier molecular flexibility index (Phi) is 5.38. The molecule has 2 aromatic heterocycles. The molecule has 0 bridgehead atoms. The van der Waals surface area contributed by atoms with E-state index in [1.807, 2.05) is 61.6 Å². The number of rotatable bonds is 5. The highest BCUT2D eigenvalue weighted by Gasteiger charge is 2.22. The summed E-state index contributed by atoms with van der Waals surface area (Å²) < 4.78 is 3.11. The molecule has 5 aromatic rings. The van der Waals surface area contributed by atoms with Crippen molar-refractivity contribution >= 4 is 61.2 Å². The van der Waals surface area contributed by atoms with E-state index in [1.165, 1.54) is 11.8 Å². The van der Waals surface area contributed by atoms with E-state index in [4.69, 9.17) is 4.98 Å². The molecule has 0 saturated carbocycles. The summed E-state index contributed by atoms with van der Waals surface area (Å²) in [6.45, 7) is 0.592. The lowest BCUT2D eigenvalue weighted by atomic mass is 10.2. The van der Waals surface area contributed by atoms with Gasteiger partial charge in [0.1, 0.15) is 11.0 Å². The fourth-order valence-electron chi connectivity index (χ4n) is 3.69. The highest BCUT2D eigenvalue weighted by Crippen LogP contribution is 2.26. The molecule has 0 fully saturated rings. The number of imidazole rings is 1. The lowest BCUT2D eigenvalue weighted by molar-refractivity contribution is -0.530. The van der Waals surface area contributed by atoms with Crippen LogP contribution >= 0.6 is 27.7 Å². The number of fused-ring (bicyclic) bond motifs is 5. The zero-order valence-corrected chi connectivity index (χ0v) is 19.3. The molecular weight excluding hydrogens is 472 g/mol. The lowest BCUT2D eigenvalue weighted by Gasteiger charge is -2.16. The summed E-state index contributed by atoms with van der Waals surface area (Å²) in [5, 5.41) is 1.83. The van der Waals surface area contributed by atoms with Gasteiger partial charge in [-0.05, 0) is 47.7 Å². The van der Waals surface area contributed by atoms with Crippen LogP contribution in [0.4, 0.5) is 0 Å². The Hall–Kier alpha value is -2.90. The third-order valence-corrected chi connectivity index (χ3v) is 6.67. The molecule has 0 saturated heterocycles. The van der Waals surface area contributed by atoms with Crippen LogP contribution in [-0.4, -0.2) is 33.6 Å². The van der Waals surface area contributed by atoms with E-state index in [0.717, 1.165) is 42.8 Å². The molecule has 0 aliphatic rings. The molecule has 5 rings (SSSR count). The topological polar surface area (TPSA) is 53.1 Å². The predicted octanol–water partition coefficient (Wildman–Crippen LogP) is 4.97. The van der Waals surface area contributed by atoms with Gasteiger partial charge >= 0.3 is 5.16 Å². The van der Waals surface area contributed by atoms with Crippen LogP contribution in [0.15, 0.2) is 82.4 Å². The molecule has 0 radical (unpaired) electrons. The maximum Gasteiger partial charge on any atom is 0.304 e. The molecule has 154 valence electrons. The summed E-state index contributed by atoms with van der Waals surface area (Å²) in [6.07, 6.45) is 0. The second-order valence-corrected chi connectivity index (χ2v) is 9.26. The lowest BCUT2D eigenvalue weighted by Crippen LogP contribution is -2.30. The number of carbonyl (C=O) groups is 1. The maximum atomic E-state index is 12.8. The molecule has 1 amide bonds. The van der Waals surface area contributed by atoms with Gasteiger partial charge in [0.15, 0.2) is 5.52 Å². The van der Waals surface area contributed by atoms with Crippen LogP contribution in [-0.2, 0) is 11.3 Å². The predicted molar refractivity (Wildman–Crippen MR) is 128 cm³/mol. The molecule has 3 aromatic carbocycles. The van der Waals surface area contributed by atoms with Gasteiger partial charge in [0, 0.05) is 18.1 Å². The van der Waals surface area contributed by atoms with Crippen LogP contribution in [0, 0.1) is 0 Å². The molecule has 0 atom stereocenters. The van der Waals surface area contributed by atoms with Crippen LogP contribution in [0.25, 0.3) is 27.6 Å². The standard InChI is InChI=1S/C24H19BrN4OS/c1-28(14-16-7-3-2-4-8-16)22(30)15-31-24-27-19-12-11-17(25)13-18(19)23-26-20-9-5-6-10-21(20)29(23)24/h2-13H,14-15H2,1H3/p+1. The summed E-state index contributed by atoms with van der Waals surface area (Å²) in [4.78, 5) is 23.0. The third kappa shape index (κ3) is 3.91. The highest BCUT2D eigenvalue weighted by atomic mass is 79.9. The Labute approximate surface area is 192 Å². The van der Waals surface area contributed by atoms with Crippen molar-refractivity contribution in [3.05, 3.63) is 82.8 Å². The van der Waals surface area contributed by atoms with Gasteiger partial charge in [-0.2, -0.15) is 4.40 Å². The van der Waals surface area contributed by atoms with Crippen LogP contribution < -0.4 is 4.40 Å². The van der Waals surface area contributed by atoms with E-state index in [1.54, 1.807) is 4.90 Å². The Balaban J connectivity index is 1.50. The van der Waals surface area contributed by atoms with E-state index in [9.17, 15) is 4.79 Å². The van der Waals surface area contributed by atoms with Crippen molar-refractivity contribution in [2.24, 2.45) is 0 Å². The number of amides is 1. The molecular formula is C24H20BrN4OS+. The largest absolute Gasteiger partial charge is 0.341 e. The number of aromatic amines is 1. The molecule has 1 N–H and O–H groups in total. The highest BCUT2D eigenvalue weighted by molar-refractivity contribution is 9.10. The first-order valence-corrected chi connectivity index (χ1v) is 11.7. The number of benzene rings is 3. The summed E-state index contributed by atoms with van der Waals surface area (Å²) in [5.74, 6) is 0.389. The van der Waals surface area contributed by atoms with Crippen LogP contribution in [0.5, 0.6) is 0 Å². The minimum atomic E-state index is 0.0696. The number of H-pyrrole nitrogens is 1. The SMILES string of the molecule is CN(Cc1ccccc1)C(=O)CSc1nc2ccc(Br)cc2c2[nH]c3ccccc3[n+]12. The van der Waals surface area contributed by atoms with Gasteiger partial charge in [0.2, 0.25) is 11.6 Å². The average Bonchev–Trinajstić information content (AvgIpc) is 3.18. The molecule has 7 heteroatoms. The van der Waals surface area contributed by atoms with Crippen molar-refractivity contribution in [2.75, 3.05) is 12.8 Å². The first-order chi connectivity index (χ1) is 15.1. The van der Waals surface area contributed by atoms with E-state index < -0.39 is 0 Å². The molecule has 2 heterocycles. The van der Waals surface area contributed by atoms with Gasteiger partial charge in [-0.1, -0.05) is 63.4 Å². The number of nitrogens with zero attached hydrogens (tertiary/aromatic N) is 3. The second-order valence-electron chi connectivity index (χ2n) is 7.41. The zero-order chi connectivity index (χ0) is 21.4. The van der Waals surface area contributed by atoms with Gasteiger partial charge in [-0.3, -0.25) is 9.78 Å². The van der Waals surface area contributed by atoms with Crippen molar-refractivity contribution in [3.63, 3.8) is 0 Å². The zero-order valence-electron chi connectivity index (χ0n) is 16.9. The van der Waals surface area contributed by atoms with Gasteiger partial charge in [-0.25, -0.2) is 0 Å². The first kappa shape index (κ1) is 20.0. The normalized spacial score (nSPS) is 11.4. The molecule has 0 aliphatic carbocycles. The molecule has 0 unspecified atom stereocenters. The smallest absolute Gasteiger partial charge is 0.304 e. The Morgan fingerprint density at radius 1 is 1.10 bits per heavy atom. The number of carbonyl (C=O) groups excluding carboxylic acids is 1. The number of aromatic nitrogens is 3. The minimum absolute atomic E-state index is 0.0696. The van der Waals surface area contributed by atoms with Crippen LogP contribution in [0.2, 0.25) is 0 Å². The number of para-hydroxylation sites is 2. The third-order valence-electron chi connectivity index (χ3n) is 5.26. The monoisotopic (exact) mass is 491 g/mol. The number of thioether (sulfide) groups is 1. The number of hydrogen-bond donors (Lipinski definition) is 1. The second kappa shape index (κ2) is 8.32. The van der Waals surface area contributed by atoms with E-state index in [0.29, 0.717) is 12.3 Å². The first-order valence-electron chi connectivity index (χ1n) is 9.92. The van der Waals surface area contributed by atoms with Crippen molar-refractivity contribution in [1.82, 2.24) is 14.9 Å². The summed E-state index contributed by atoms with van der Waals surface area (Å²) in [5.41, 5.74) is 5.05. The minimum Gasteiger partial charge on any atom is -0.341 e. The molecule has 5 nitrogen and oxygen atoms in total. The fraction of sp³-hybridized carbons (Fsp3) is 0.125. The molecule has 0 spiro atoms. The van der Waals surface area contributed by atoms with E-state index in [2.05, 4.69) is 43.5 Å². The summed E-state index contributed by atoms with van der Waals surface area (Å²) in [6, 6.07) is 24.2. The van der Waals surface area contributed by atoms with E-state index in [-0.39, 0.29) is 5.91 Å². The van der Waals surface area contributed by atoms with Crippen molar-refractivity contribution in [2.45, 2.75) is 11.7 Å². The Morgan fingerprint density at radius 3 is 2.71 bits per heavy atom. The van der Waals surface area contributed by atoms with Gasteiger partial charge in [0.05, 0.1) is 11.1 Å². The number of halogens is 1. The van der Waals surface area contributed by atoms with Crippen molar-refractivity contribution < 1.29 is 9.20 Å². The summed E-state index contributed by atoms with van der Waals surface area (Å²) >= 11 is 5.03. The number of nitrogens with one attached hydrogen (secondary N) is 1. The molecule has 31 heavy (non-hydrogen) atoms. The van der Waals surface area contributed by atoms with Crippen molar-refractivity contribution in [1.29, 1.82) is 0 Å². The van der Waals surface area contributed by atoms with Crippen LogP contribution in [0.3, 0.4) is 0 Å². The Bertz CT molecular complexity index is 1420. The quantitative estimate of drug-likeness (QED) is 0.214. The van der Waals surface area contributed by atoms with E-state index >= 15 is 0 Å². The van der Waals surface area contributed by atoms with Gasteiger partial charge in [0.25, 0.3) is 0 Å². The van der Waals surface area contributed by atoms with Crippen LogP contribution in [0.1, 0.15) is 5.56 Å². The fourth-order valence-corrected chi connectivity index (χ4v) is 5.01. The average molecular weight is 492 g/mol. The Morgan fingerprint density at radius 2 is 1.87 bits per heavy atom. The van der Waals surface area contributed by atoms with Gasteiger partial charge < -0.3 is 4.90 Å². The maximum absolute atomic E-state index is 12.8. The number of hydrogen-bond acceptors (Lipinski definition) is 3.